The molecule has 1 aliphatic carbocycles. The minimum absolute atomic E-state index is 0.346. The molecule has 1 fully saturated rings. The highest BCUT2D eigenvalue weighted by atomic mass is 19.1. The number of hydrogen-bond acceptors (Lipinski definition) is 3. The monoisotopic (exact) mass is 232 g/mol. The van der Waals surface area contributed by atoms with Crippen LogP contribution in [0.2, 0.25) is 0 Å². The first-order valence-electron chi connectivity index (χ1n) is 5.72. The van der Waals surface area contributed by atoms with E-state index >= 15 is 0 Å². The molecule has 1 heterocycles. The number of benzene rings is 1. The zero-order valence-electron chi connectivity index (χ0n) is 9.28. The molecule has 1 saturated carbocycles. The Morgan fingerprint density at radius 2 is 2.18 bits per heavy atom. The number of nitrogens with one attached hydrogen (secondary N) is 1. The summed E-state index contributed by atoms with van der Waals surface area (Å²) in [6, 6.07) is 4.26. The number of aromatic nitrogens is 3. The largest absolute Gasteiger partial charge is 0.398 e. The fraction of sp³-hybridized carbons (Fsp3) is 0.333. The van der Waals surface area contributed by atoms with Crippen molar-refractivity contribution in [1.29, 1.82) is 0 Å². The van der Waals surface area contributed by atoms with Crippen LogP contribution in [0.25, 0.3) is 11.4 Å². The molecule has 2 aromatic rings. The van der Waals surface area contributed by atoms with Crippen LogP contribution in [-0.4, -0.2) is 15.2 Å². The summed E-state index contributed by atoms with van der Waals surface area (Å²) < 4.78 is 12.9. The lowest BCUT2D eigenvalue weighted by atomic mass is 9.85. The van der Waals surface area contributed by atoms with Crippen molar-refractivity contribution in [3.05, 3.63) is 29.8 Å². The van der Waals surface area contributed by atoms with Crippen LogP contribution < -0.4 is 5.73 Å². The molecule has 0 atom stereocenters. The molecule has 1 aromatic heterocycles. The van der Waals surface area contributed by atoms with Crippen molar-refractivity contribution >= 4 is 5.69 Å². The van der Waals surface area contributed by atoms with Crippen molar-refractivity contribution in [1.82, 2.24) is 15.2 Å². The average molecular weight is 232 g/mol. The summed E-state index contributed by atoms with van der Waals surface area (Å²) >= 11 is 0. The fourth-order valence-corrected chi connectivity index (χ4v) is 2.00. The Morgan fingerprint density at radius 3 is 2.82 bits per heavy atom. The topological polar surface area (TPSA) is 67.6 Å². The number of rotatable bonds is 2. The highest BCUT2D eigenvalue weighted by Crippen LogP contribution is 2.35. The van der Waals surface area contributed by atoms with Gasteiger partial charge < -0.3 is 5.73 Å². The number of halogens is 1. The number of aromatic amines is 1. The van der Waals surface area contributed by atoms with E-state index in [4.69, 9.17) is 5.73 Å². The molecule has 5 heteroatoms. The standard InChI is InChI=1S/C12H13FN4/c13-8-4-5-9(10(14)6-8)12-15-11(16-17-12)7-2-1-3-7/h4-7H,1-3,14H2,(H,15,16,17). The third-order valence-electron chi connectivity index (χ3n) is 3.25. The van der Waals surface area contributed by atoms with E-state index in [2.05, 4.69) is 15.2 Å². The lowest BCUT2D eigenvalue weighted by Gasteiger charge is -2.22. The number of nitrogens with two attached hydrogens (primary N) is 1. The van der Waals surface area contributed by atoms with Gasteiger partial charge in [-0.2, -0.15) is 5.10 Å². The summed E-state index contributed by atoms with van der Waals surface area (Å²) in [5.74, 6) is 1.61. The second-order valence-corrected chi connectivity index (χ2v) is 4.40. The Hall–Kier alpha value is -1.91. The van der Waals surface area contributed by atoms with Crippen molar-refractivity contribution < 1.29 is 4.39 Å². The van der Waals surface area contributed by atoms with Crippen LogP contribution in [0.5, 0.6) is 0 Å². The summed E-state index contributed by atoms with van der Waals surface area (Å²) in [4.78, 5) is 4.42. The molecule has 17 heavy (non-hydrogen) atoms. The third kappa shape index (κ3) is 1.77. The Morgan fingerprint density at radius 1 is 1.35 bits per heavy atom. The number of H-pyrrole nitrogens is 1. The van der Waals surface area contributed by atoms with Crippen molar-refractivity contribution in [3.63, 3.8) is 0 Å². The van der Waals surface area contributed by atoms with Gasteiger partial charge >= 0.3 is 0 Å². The molecule has 1 aliphatic rings. The minimum atomic E-state index is -0.346. The van der Waals surface area contributed by atoms with Crippen LogP contribution >= 0.6 is 0 Å². The lowest BCUT2D eigenvalue weighted by Crippen LogP contribution is -2.10. The molecule has 0 saturated heterocycles. The van der Waals surface area contributed by atoms with Gasteiger partial charge in [0.25, 0.3) is 0 Å². The molecule has 1 aromatic carbocycles. The van der Waals surface area contributed by atoms with Crippen LogP contribution in [0.4, 0.5) is 10.1 Å². The quantitative estimate of drug-likeness (QED) is 0.781. The van der Waals surface area contributed by atoms with Gasteiger partial charge in [0.2, 0.25) is 0 Å². The van der Waals surface area contributed by atoms with Crippen molar-refractivity contribution in [2.75, 3.05) is 5.73 Å². The lowest BCUT2D eigenvalue weighted by molar-refractivity contribution is 0.402. The molecule has 3 rings (SSSR count). The predicted octanol–water partition coefficient (Wildman–Crippen LogP) is 2.46. The SMILES string of the molecule is Nc1cc(F)ccc1-c1n[nH]c(C2CCC2)n1. The number of nitrogens with zero attached hydrogens (tertiary/aromatic N) is 2. The van der Waals surface area contributed by atoms with Crippen molar-refractivity contribution in [2.24, 2.45) is 0 Å². The van der Waals surface area contributed by atoms with Crippen LogP contribution in [0.15, 0.2) is 18.2 Å². The van der Waals surface area contributed by atoms with Gasteiger partial charge in [-0.15, -0.1) is 0 Å². The normalized spacial score (nSPS) is 15.8. The van der Waals surface area contributed by atoms with E-state index in [1.54, 1.807) is 6.07 Å². The van der Waals surface area contributed by atoms with Gasteiger partial charge in [-0.1, -0.05) is 6.42 Å². The van der Waals surface area contributed by atoms with Gasteiger partial charge in [-0.3, -0.25) is 5.10 Å². The van der Waals surface area contributed by atoms with Crippen molar-refractivity contribution in [2.45, 2.75) is 25.2 Å². The van der Waals surface area contributed by atoms with Gasteiger partial charge in [0.05, 0.1) is 0 Å². The van der Waals surface area contributed by atoms with Crippen LogP contribution in [0.1, 0.15) is 31.0 Å². The maximum atomic E-state index is 12.9. The van der Waals surface area contributed by atoms with E-state index in [-0.39, 0.29) is 5.82 Å². The minimum Gasteiger partial charge on any atom is -0.398 e. The van der Waals surface area contributed by atoms with Crippen LogP contribution in [0.3, 0.4) is 0 Å². The van der Waals surface area contributed by atoms with E-state index in [1.165, 1.54) is 18.6 Å². The molecule has 0 bridgehead atoms. The van der Waals surface area contributed by atoms with Crippen LogP contribution in [0, 0.1) is 5.82 Å². The zero-order valence-corrected chi connectivity index (χ0v) is 9.28. The molecular weight excluding hydrogens is 219 g/mol. The number of nitrogen functional groups attached to an aromatic ring is 1. The molecule has 4 nitrogen and oxygen atoms in total. The van der Waals surface area contributed by atoms with E-state index < -0.39 is 0 Å². The summed E-state index contributed by atoms with van der Waals surface area (Å²) in [5.41, 5.74) is 6.79. The van der Waals surface area contributed by atoms with Gasteiger partial charge in [-0.25, -0.2) is 9.37 Å². The van der Waals surface area contributed by atoms with Crippen molar-refractivity contribution in [3.8, 4) is 11.4 Å². The number of anilines is 1. The fourth-order valence-electron chi connectivity index (χ4n) is 2.00. The molecule has 88 valence electrons. The second-order valence-electron chi connectivity index (χ2n) is 4.40. The highest BCUT2D eigenvalue weighted by molar-refractivity contribution is 5.71. The van der Waals surface area contributed by atoms with Gasteiger partial charge in [0.1, 0.15) is 11.6 Å². The first-order chi connectivity index (χ1) is 8.24. The Labute approximate surface area is 98.1 Å². The van der Waals surface area contributed by atoms with E-state index in [1.807, 2.05) is 0 Å². The summed E-state index contributed by atoms with van der Waals surface area (Å²) in [6.45, 7) is 0. The van der Waals surface area contributed by atoms with E-state index in [9.17, 15) is 4.39 Å². The molecule has 0 radical (unpaired) electrons. The maximum Gasteiger partial charge on any atom is 0.183 e. The summed E-state index contributed by atoms with van der Waals surface area (Å²) in [6.07, 6.45) is 3.57. The first kappa shape index (κ1) is 10.3. The van der Waals surface area contributed by atoms with E-state index in [0.717, 1.165) is 18.7 Å². The summed E-state index contributed by atoms with van der Waals surface area (Å²) in [5, 5.41) is 7.08. The number of hydrogen-bond donors (Lipinski definition) is 2. The Kier molecular flexibility index (Phi) is 2.31. The van der Waals surface area contributed by atoms with E-state index in [0.29, 0.717) is 23.0 Å². The summed E-state index contributed by atoms with van der Waals surface area (Å²) in [7, 11) is 0. The maximum absolute atomic E-state index is 12.9. The van der Waals surface area contributed by atoms with Gasteiger partial charge in [0.15, 0.2) is 5.82 Å². The third-order valence-corrected chi connectivity index (χ3v) is 3.25. The zero-order chi connectivity index (χ0) is 11.8. The smallest absolute Gasteiger partial charge is 0.183 e. The second kappa shape index (κ2) is 3.84. The molecule has 3 N–H and O–H groups in total. The highest BCUT2D eigenvalue weighted by Gasteiger charge is 2.23. The first-order valence-corrected chi connectivity index (χ1v) is 5.72. The molecular formula is C12H13FN4. The van der Waals surface area contributed by atoms with Gasteiger partial charge in [0, 0.05) is 17.2 Å². The van der Waals surface area contributed by atoms with Gasteiger partial charge in [-0.05, 0) is 31.0 Å². The molecule has 0 unspecified atom stereocenters. The van der Waals surface area contributed by atoms with Crippen LogP contribution in [-0.2, 0) is 0 Å². The average Bonchev–Trinajstić information content (AvgIpc) is 2.64. The Balaban J connectivity index is 1.94. The molecule has 0 aliphatic heterocycles. The molecule has 0 amide bonds. The Bertz CT molecular complexity index is 545. The predicted molar refractivity (Wildman–Crippen MR) is 62.8 cm³/mol. The molecule has 0 spiro atoms.